The second-order valence-corrected chi connectivity index (χ2v) is 13.8. The zero-order valence-electron chi connectivity index (χ0n) is 23.6. The van der Waals surface area contributed by atoms with Gasteiger partial charge in [0.05, 0.1) is 35.6 Å². The Hall–Kier alpha value is -3.00. The fourth-order valence-electron chi connectivity index (χ4n) is 5.29. The van der Waals surface area contributed by atoms with Gasteiger partial charge in [0.15, 0.2) is 4.80 Å². The molecule has 1 atom stereocenters. The van der Waals surface area contributed by atoms with Crippen LogP contribution in [0.3, 0.4) is 0 Å². The fourth-order valence-corrected chi connectivity index (χ4v) is 8.66. The van der Waals surface area contributed by atoms with Crippen LogP contribution in [0.5, 0.6) is 5.75 Å². The van der Waals surface area contributed by atoms with Crippen LogP contribution >= 0.6 is 68.1 Å². The smallest absolute Gasteiger partial charge is 0.338 e. The molecule has 6 rings (SSSR count). The van der Waals surface area contributed by atoms with Crippen LogP contribution < -0.4 is 19.6 Å². The van der Waals surface area contributed by atoms with Gasteiger partial charge in [0.1, 0.15) is 12.4 Å². The van der Waals surface area contributed by atoms with Gasteiger partial charge in [-0.15, -0.1) is 0 Å². The molecule has 0 bridgehead atoms. The molecule has 2 heterocycles. The summed E-state index contributed by atoms with van der Waals surface area (Å²) in [7, 11) is 0. The van der Waals surface area contributed by atoms with Crippen LogP contribution in [0, 0.1) is 7.14 Å². The van der Waals surface area contributed by atoms with Gasteiger partial charge in [-0.05, 0) is 105 Å². The number of nitrogens with zero attached hydrogens (tertiary/aromatic N) is 2. The normalized spacial score (nSPS) is 14.8. The van der Waals surface area contributed by atoms with Crippen molar-refractivity contribution in [3.63, 3.8) is 0 Å². The van der Waals surface area contributed by atoms with Crippen molar-refractivity contribution in [2.75, 3.05) is 6.61 Å². The summed E-state index contributed by atoms with van der Waals surface area (Å²) in [6, 6.07) is 24.8. The van der Waals surface area contributed by atoms with E-state index >= 15 is 0 Å². The molecule has 6 nitrogen and oxygen atoms in total. The maximum absolute atomic E-state index is 14.2. The van der Waals surface area contributed by atoms with E-state index in [1.807, 2.05) is 84.9 Å². The number of carbonyl (C=O) groups is 1. The highest BCUT2D eigenvalue weighted by Crippen LogP contribution is 2.35. The topological polar surface area (TPSA) is 69.9 Å². The molecule has 10 heteroatoms. The van der Waals surface area contributed by atoms with Gasteiger partial charge >= 0.3 is 5.97 Å². The first kappa shape index (κ1) is 31.0. The van der Waals surface area contributed by atoms with E-state index in [0.717, 1.165) is 40.4 Å². The summed E-state index contributed by atoms with van der Waals surface area (Å²) in [6.45, 7) is 4.14. The van der Waals surface area contributed by atoms with Crippen LogP contribution in [-0.4, -0.2) is 17.1 Å². The monoisotopic (exact) mass is 846 g/mol. The maximum Gasteiger partial charge on any atom is 0.338 e. The van der Waals surface area contributed by atoms with E-state index in [1.165, 1.54) is 11.3 Å². The van der Waals surface area contributed by atoms with Crippen molar-refractivity contribution < 1.29 is 14.3 Å². The van der Waals surface area contributed by atoms with Gasteiger partial charge in [-0.1, -0.05) is 83.6 Å². The number of ether oxygens (including phenoxy) is 2. The average molecular weight is 847 g/mol. The molecule has 1 aliphatic heterocycles. The van der Waals surface area contributed by atoms with E-state index in [4.69, 9.17) is 26.1 Å². The molecule has 4 aromatic carbocycles. The molecule has 5 aromatic rings. The number of aromatic nitrogens is 1. The Balaban J connectivity index is 1.45. The summed E-state index contributed by atoms with van der Waals surface area (Å²) < 4.78 is 15.6. The van der Waals surface area contributed by atoms with Crippen LogP contribution in [0.1, 0.15) is 36.6 Å². The highest BCUT2D eigenvalue weighted by atomic mass is 127. The third kappa shape index (κ3) is 5.99. The lowest BCUT2D eigenvalue weighted by Gasteiger charge is -2.25. The van der Waals surface area contributed by atoms with Crippen molar-refractivity contribution in [1.82, 2.24) is 4.57 Å². The molecule has 222 valence electrons. The van der Waals surface area contributed by atoms with Gasteiger partial charge in [-0.2, -0.15) is 0 Å². The number of benzene rings is 4. The standard InChI is InChI=1S/C34H25ClI2N2O4S/c1-3-42-33(41)29-19(2)38-34-39(30(29)24-13-8-11-21-9-4-6-12-23(21)24)32(40)28(44-34)17-20-15-26(36)31(27(37)16-20)43-18-22-10-5-7-14-25(22)35/h4-17,30H,3,18H2,1-2H3/b28-17-/t30-/m0/s1. The van der Waals surface area contributed by atoms with E-state index in [1.54, 1.807) is 18.4 Å². The summed E-state index contributed by atoms with van der Waals surface area (Å²) >= 11 is 12.1. The number of hydrogen-bond acceptors (Lipinski definition) is 6. The fraction of sp³-hybridized carbons (Fsp3) is 0.147. The zero-order valence-corrected chi connectivity index (χ0v) is 29.5. The first-order valence-electron chi connectivity index (χ1n) is 13.8. The second kappa shape index (κ2) is 13.2. The average Bonchev–Trinajstić information content (AvgIpc) is 3.30. The summed E-state index contributed by atoms with van der Waals surface area (Å²) in [5.41, 5.74) is 3.30. The molecular weight excluding hydrogens is 822 g/mol. The van der Waals surface area contributed by atoms with Crippen LogP contribution in [0.4, 0.5) is 0 Å². The van der Waals surface area contributed by atoms with Crippen LogP contribution in [-0.2, 0) is 16.1 Å². The van der Waals surface area contributed by atoms with E-state index in [-0.39, 0.29) is 12.2 Å². The van der Waals surface area contributed by atoms with Crippen molar-refractivity contribution in [3.05, 3.63) is 139 Å². The quantitative estimate of drug-likeness (QED) is 0.127. The SMILES string of the molecule is CCOC(=O)C1=C(C)N=c2s/c(=C\c3cc(I)c(OCc4ccccc4Cl)c(I)c3)c(=O)n2[C@H]1c1cccc2ccccc12. The van der Waals surface area contributed by atoms with E-state index in [2.05, 4.69) is 45.2 Å². The molecular formula is C34H25ClI2N2O4S. The highest BCUT2D eigenvalue weighted by Gasteiger charge is 2.34. The van der Waals surface area contributed by atoms with Gasteiger partial charge < -0.3 is 9.47 Å². The lowest BCUT2D eigenvalue weighted by Crippen LogP contribution is -2.40. The number of hydrogen-bond donors (Lipinski definition) is 0. The lowest BCUT2D eigenvalue weighted by atomic mass is 9.91. The van der Waals surface area contributed by atoms with Gasteiger partial charge in [-0.25, -0.2) is 9.79 Å². The predicted molar refractivity (Wildman–Crippen MR) is 192 cm³/mol. The molecule has 1 aromatic heterocycles. The Morgan fingerprint density at radius 1 is 1.05 bits per heavy atom. The molecule has 0 aliphatic carbocycles. The molecule has 0 unspecified atom stereocenters. The van der Waals surface area contributed by atoms with Crippen molar-refractivity contribution in [3.8, 4) is 5.75 Å². The third-order valence-corrected chi connectivity index (χ3v) is 10.2. The Bertz CT molecular complexity index is 2130. The number of rotatable bonds is 7. The summed E-state index contributed by atoms with van der Waals surface area (Å²) in [5.74, 6) is 0.285. The van der Waals surface area contributed by atoms with Crippen molar-refractivity contribution in [1.29, 1.82) is 0 Å². The maximum atomic E-state index is 14.2. The van der Waals surface area contributed by atoms with Gasteiger partial charge in [0, 0.05) is 10.6 Å². The Morgan fingerprint density at radius 2 is 1.75 bits per heavy atom. The number of halogens is 3. The van der Waals surface area contributed by atoms with Crippen molar-refractivity contribution in [2.45, 2.75) is 26.5 Å². The number of carbonyl (C=O) groups excluding carboxylic acids is 1. The highest BCUT2D eigenvalue weighted by molar-refractivity contribution is 14.1. The molecule has 44 heavy (non-hydrogen) atoms. The molecule has 0 amide bonds. The molecule has 0 saturated heterocycles. The van der Waals surface area contributed by atoms with E-state index in [9.17, 15) is 9.59 Å². The lowest BCUT2D eigenvalue weighted by molar-refractivity contribution is -0.139. The zero-order chi connectivity index (χ0) is 31.0. The minimum absolute atomic E-state index is 0.218. The van der Waals surface area contributed by atoms with Crippen LogP contribution in [0.2, 0.25) is 5.02 Å². The minimum Gasteiger partial charge on any atom is -0.487 e. The van der Waals surface area contributed by atoms with Crippen LogP contribution in [0.15, 0.2) is 99.9 Å². The largest absolute Gasteiger partial charge is 0.487 e. The summed E-state index contributed by atoms with van der Waals surface area (Å²) in [5, 5.41) is 2.64. The Labute approximate surface area is 290 Å². The molecule has 0 N–H and O–H groups in total. The summed E-state index contributed by atoms with van der Waals surface area (Å²) in [4.78, 5) is 32.8. The van der Waals surface area contributed by atoms with E-state index in [0.29, 0.717) is 32.2 Å². The number of fused-ring (bicyclic) bond motifs is 2. The summed E-state index contributed by atoms with van der Waals surface area (Å²) in [6.07, 6.45) is 1.87. The van der Waals surface area contributed by atoms with E-state index < -0.39 is 12.0 Å². The third-order valence-electron chi connectivity index (χ3n) is 7.28. The number of allylic oxidation sites excluding steroid dienone is 1. The molecule has 0 spiro atoms. The molecule has 0 saturated carbocycles. The molecule has 1 aliphatic rings. The first-order chi connectivity index (χ1) is 21.3. The number of thiazole rings is 1. The molecule has 0 fully saturated rings. The minimum atomic E-state index is -0.681. The van der Waals surface area contributed by atoms with Gasteiger partial charge in [-0.3, -0.25) is 9.36 Å². The second-order valence-electron chi connectivity index (χ2n) is 10.1. The van der Waals surface area contributed by atoms with Crippen molar-refractivity contribution >= 4 is 90.9 Å². The van der Waals surface area contributed by atoms with Crippen LogP contribution in [0.25, 0.3) is 16.8 Å². The van der Waals surface area contributed by atoms with Gasteiger partial charge in [0.2, 0.25) is 0 Å². The van der Waals surface area contributed by atoms with Crippen molar-refractivity contribution in [2.24, 2.45) is 4.99 Å². The molecule has 0 radical (unpaired) electrons. The predicted octanol–water partition coefficient (Wildman–Crippen LogP) is 7.39. The Morgan fingerprint density at radius 3 is 2.50 bits per heavy atom. The number of esters is 1. The van der Waals surface area contributed by atoms with Gasteiger partial charge in [0.25, 0.3) is 5.56 Å². The Kier molecular flexibility index (Phi) is 9.27. The first-order valence-corrected chi connectivity index (χ1v) is 17.1.